The first-order valence-corrected chi connectivity index (χ1v) is 16.8. The maximum atomic E-state index is 12.9. The lowest BCUT2D eigenvalue weighted by atomic mass is 9.99. The predicted molar refractivity (Wildman–Crippen MR) is 181 cm³/mol. The standard InChI is InChI=1S/C37H44N6O5/c1-36(2,3)47-34(44)42-17-7-9-28(42)32-38-20-26(39-32)23-13-11-22(12-14-23)24-15-16-25-30(19-24)46-21-27-31(25)41-33(40-27)29-10-8-18-43(29)35(45)48-37(4,5)6/h11-16,19-20,28-29H,7-10,17-18,21H2,1-6H3,(H,38,39)(H,40,41)/t28-,29-/m0/s1. The van der Waals surface area contributed by atoms with E-state index in [2.05, 4.69) is 57.4 Å². The van der Waals surface area contributed by atoms with Crippen molar-refractivity contribution in [3.8, 4) is 39.4 Å². The second kappa shape index (κ2) is 12.0. The summed E-state index contributed by atoms with van der Waals surface area (Å²) in [5.74, 6) is 2.32. The zero-order valence-electron chi connectivity index (χ0n) is 28.6. The van der Waals surface area contributed by atoms with Gasteiger partial charge in [-0.2, -0.15) is 0 Å². The average molecular weight is 653 g/mol. The third-order valence-corrected chi connectivity index (χ3v) is 8.92. The normalized spacial score (nSPS) is 19.1. The van der Waals surface area contributed by atoms with Crippen LogP contribution in [0.4, 0.5) is 9.59 Å². The number of aromatic nitrogens is 4. The van der Waals surface area contributed by atoms with Gasteiger partial charge >= 0.3 is 12.2 Å². The van der Waals surface area contributed by atoms with Gasteiger partial charge in [0.2, 0.25) is 0 Å². The highest BCUT2D eigenvalue weighted by molar-refractivity contribution is 5.78. The number of benzene rings is 2. The summed E-state index contributed by atoms with van der Waals surface area (Å²) in [5, 5.41) is 0. The fraction of sp³-hybridized carbons (Fsp3) is 0.459. The van der Waals surface area contributed by atoms with Crippen LogP contribution in [0.15, 0.2) is 48.7 Å². The summed E-state index contributed by atoms with van der Waals surface area (Å²) in [4.78, 5) is 45.8. The van der Waals surface area contributed by atoms with Crippen molar-refractivity contribution in [3.05, 3.63) is 66.0 Å². The number of hydrogen-bond acceptors (Lipinski definition) is 7. The molecule has 11 nitrogen and oxygen atoms in total. The summed E-state index contributed by atoms with van der Waals surface area (Å²) in [6, 6.07) is 14.2. The Hall–Kier alpha value is -4.80. The van der Waals surface area contributed by atoms with Crippen LogP contribution in [0.2, 0.25) is 0 Å². The number of likely N-dealkylation sites (tertiary alicyclic amines) is 2. The van der Waals surface area contributed by atoms with Crippen LogP contribution in [0.3, 0.4) is 0 Å². The summed E-state index contributed by atoms with van der Waals surface area (Å²) in [7, 11) is 0. The van der Waals surface area contributed by atoms with Gasteiger partial charge in [0.25, 0.3) is 0 Å². The molecule has 3 aliphatic heterocycles. The van der Waals surface area contributed by atoms with Crippen molar-refractivity contribution in [2.24, 2.45) is 0 Å². The molecule has 4 aromatic rings. The van der Waals surface area contributed by atoms with Crippen LogP contribution in [-0.2, 0) is 16.1 Å². The van der Waals surface area contributed by atoms with E-state index in [9.17, 15) is 9.59 Å². The highest BCUT2D eigenvalue weighted by Crippen LogP contribution is 2.41. The summed E-state index contributed by atoms with van der Waals surface area (Å²) in [6.45, 7) is 13.0. The Morgan fingerprint density at radius 2 is 1.38 bits per heavy atom. The van der Waals surface area contributed by atoms with Crippen molar-refractivity contribution in [3.63, 3.8) is 0 Å². The third kappa shape index (κ3) is 6.37. The van der Waals surface area contributed by atoms with Crippen molar-refractivity contribution in [2.45, 2.75) is 97.1 Å². The summed E-state index contributed by atoms with van der Waals surface area (Å²) >= 11 is 0. The summed E-state index contributed by atoms with van der Waals surface area (Å²) in [6.07, 6.45) is 4.71. The minimum absolute atomic E-state index is 0.128. The van der Waals surface area contributed by atoms with Gasteiger partial charge in [-0.3, -0.25) is 9.80 Å². The van der Waals surface area contributed by atoms with Gasteiger partial charge < -0.3 is 24.2 Å². The number of hydrogen-bond donors (Lipinski definition) is 2. The number of ether oxygens (including phenoxy) is 3. The Kier molecular flexibility index (Phi) is 7.96. The Balaban J connectivity index is 1.06. The zero-order chi connectivity index (χ0) is 33.8. The molecular formula is C37H44N6O5. The number of aromatic amines is 2. The van der Waals surface area contributed by atoms with Crippen molar-refractivity contribution >= 4 is 12.2 Å². The van der Waals surface area contributed by atoms with Gasteiger partial charge in [0, 0.05) is 18.7 Å². The van der Waals surface area contributed by atoms with Crippen LogP contribution >= 0.6 is 0 Å². The number of rotatable bonds is 4. The van der Waals surface area contributed by atoms with E-state index in [1.807, 2.05) is 47.7 Å². The zero-order valence-corrected chi connectivity index (χ0v) is 28.6. The van der Waals surface area contributed by atoms with E-state index >= 15 is 0 Å². The van der Waals surface area contributed by atoms with Crippen LogP contribution in [0, 0.1) is 0 Å². The number of nitrogens with zero attached hydrogens (tertiary/aromatic N) is 4. The second-order valence-corrected chi connectivity index (χ2v) is 14.9. The van der Waals surface area contributed by atoms with Gasteiger partial charge in [0.05, 0.1) is 35.4 Å². The Morgan fingerprint density at radius 1 is 0.792 bits per heavy atom. The first-order chi connectivity index (χ1) is 22.8. The van der Waals surface area contributed by atoms with Crippen molar-refractivity contribution in [1.82, 2.24) is 29.7 Å². The molecule has 0 radical (unpaired) electrons. The molecule has 0 unspecified atom stereocenters. The van der Waals surface area contributed by atoms with Crippen LogP contribution < -0.4 is 4.74 Å². The number of imidazole rings is 2. The van der Waals surface area contributed by atoms with Gasteiger partial charge in [-0.1, -0.05) is 30.3 Å². The molecule has 2 aromatic heterocycles. The molecule has 2 fully saturated rings. The maximum Gasteiger partial charge on any atom is 0.410 e. The molecule has 0 bridgehead atoms. The van der Waals surface area contributed by atoms with Crippen LogP contribution in [0.1, 0.15) is 96.7 Å². The van der Waals surface area contributed by atoms with Gasteiger partial charge in [0.1, 0.15) is 35.2 Å². The van der Waals surface area contributed by atoms with Crippen LogP contribution in [0.5, 0.6) is 5.75 Å². The third-order valence-electron chi connectivity index (χ3n) is 8.92. The fourth-order valence-electron chi connectivity index (χ4n) is 6.76. The SMILES string of the molecule is CC(C)(C)OC(=O)N1CCC[C@H]1c1ncc(-c2ccc(-c3ccc4c(c3)OCc3[nH]c([C@@H]5CCCN5C(=O)OC(C)(C)C)nc3-4)cc2)[nH]1. The highest BCUT2D eigenvalue weighted by Gasteiger charge is 2.37. The van der Waals surface area contributed by atoms with E-state index in [0.29, 0.717) is 19.7 Å². The first-order valence-electron chi connectivity index (χ1n) is 16.8. The molecule has 252 valence electrons. The van der Waals surface area contributed by atoms with Crippen LogP contribution in [0.25, 0.3) is 33.6 Å². The van der Waals surface area contributed by atoms with Crippen molar-refractivity contribution in [2.75, 3.05) is 13.1 Å². The number of fused-ring (bicyclic) bond motifs is 3. The van der Waals surface area contributed by atoms with E-state index < -0.39 is 11.2 Å². The van der Waals surface area contributed by atoms with Crippen molar-refractivity contribution < 1.29 is 23.8 Å². The van der Waals surface area contributed by atoms with E-state index in [-0.39, 0.29) is 24.3 Å². The number of H-pyrrole nitrogens is 2. The monoisotopic (exact) mass is 652 g/mol. The molecule has 2 saturated heterocycles. The predicted octanol–water partition coefficient (Wildman–Crippen LogP) is 8.17. The highest BCUT2D eigenvalue weighted by atomic mass is 16.6. The largest absolute Gasteiger partial charge is 0.487 e. The first kappa shape index (κ1) is 31.8. The molecule has 3 aliphatic rings. The molecule has 0 saturated carbocycles. The number of carbonyl (C=O) groups excluding carboxylic acids is 2. The fourth-order valence-corrected chi connectivity index (χ4v) is 6.76. The quantitative estimate of drug-likeness (QED) is 0.228. The van der Waals surface area contributed by atoms with Gasteiger partial charge in [-0.25, -0.2) is 19.6 Å². The lowest BCUT2D eigenvalue weighted by Crippen LogP contribution is -2.36. The van der Waals surface area contributed by atoms with Gasteiger partial charge in [-0.05, 0) is 96.0 Å². The lowest BCUT2D eigenvalue weighted by Gasteiger charge is -2.27. The summed E-state index contributed by atoms with van der Waals surface area (Å²) < 4.78 is 17.5. The van der Waals surface area contributed by atoms with Gasteiger partial charge in [0.15, 0.2) is 0 Å². The molecule has 0 spiro atoms. The molecule has 0 aliphatic carbocycles. The molecule has 11 heteroatoms. The lowest BCUT2D eigenvalue weighted by molar-refractivity contribution is 0.0208. The molecular weight excluding hydrogens is 608 g/mol. The van der Waals surface area contributed by atoms with E-state index in [4.69, 9.17) is 19.2 Å². The minimum atomic E-state index is -0.553. The molecule has 2 aromatic carbocycles. The van der Waals surface area contributed by atoms with E-state index in [1.54, 1.807) is 9.80 Å². The number of amides is 2. The Bertz CT molecular complexity index is 1830. The minimum Gasteiger partial charge on any atom is -0.487 e. The molecule has 2 amide bonds. The maximum absolute atomic E-state index is 12.9. The molecule has 2 N–H and O–H groups in total. The number of nitrogens with one attached hydrogen (secondary N) is 2. The topological polar surface area (TPSA) is 126 Å². The van der Waals surface area contributed by atoms with Crippen molar-refractivity contribution in [1.29, 1.82) is 0 Å². The smallest absolute Gasteiger partial charge is 0.410 e. The van der Waals surface area contributed by atoms with E-state index in [1.165, 1.54) is 0 Å². The second-order valence-electron chi connectivity index (χ2n) is 14.9. The average Bonchev–Trinajstić information content (AvgIpc) is 3.84. The van der Waals surface area contributed by atoms with Crippen LogP contribution in [-0.4, -0.2) is 66.2 Å². The Labute approximate surface area is 281 Å². The molecule has 5 heterocycles. The molecule has 2 atom stereocenters. The van der Waals surface area contributed by atoms with E-state index in [0.717, 1.165) is 82.4 Å². The number of carbonyl (C=O) groups is 2. The van der Waals surface area contributed by atoms with Gasteiger partial charge in [-0.15, -0.1) is 0 Å². The molecule has 48 heavy (non-hydrogen) atoms. The Morgan fingerprint density at radius 3 is 2.00 bits per heavy atom. The summed E-state index contributed by atoms with van der Waals surface area (Å²) in [5.41, 5.74) is 5.62. The molecule has 7 rings (SSSR count).